The van der Waals surface area contributed by atoms with Crippen LogP contribution in [0, 0.1) is 0 Å². The van der Waals surface area contributed by atoms with Crippen LogP contribution in [0.5, 0.6) is 0 Å². The van der Waals surface area contributed by atoms with Gasteiger partial charge in [-0.05, 0) is 24.1 Å². The first-order valence-corrected chi connectivity index (χ1v) is 6.32. The van der Waals surface area contributed by atoms with Gasteiger partial charge < -0.3 is 5.32 Å². The van der Waals surface area contributed by atoms with Crippen molar-refractivity contribution in [2.45, 2.75) is 25.0 Å². The Kier molecular flexibility index (Phi) is 2.54. The lowest BCUT2D eigenvalue weighted by Crippen LogP contribution is -2.42. The smallest absolute Gasteiger partial charge is 0.0240 e. The lowest BCUT2D eigenvalue weighted by Gasteiger charge is -2.27. The Morgan fingerprint density at radius 1 is 1.47 bits per heavy atom. The van der Waals surface area contributed by atoms with Crippen LogP contribution in [-0.2, 0) is 6.54 Å². The van der Waals surface area contributed by atoms with Crippen molar-refractivity contribution in [2.24, 2.45) is 0 Å². The Balaban J connectivity index is 1.71. The molecule has 2 unspecified atom stereocenters. The van der Waals surface area contributed by atoms with E-state index in [1.54, 1.807) is 0 Å². The molecule has 2 fully saturated rings. The molecule has 2 aliphatic heterocycles. The van der Waals surface area contributed by atoms with Crippen molar-refractivity contribution in [3.8, 4) is 0 Å². The molecule has 3 heteroatoms. The van der Waals surface area contributed by atoms with Crippen LogP contribution in [0.4, 0.5) is 0 Å². The SMILES string of the molecule is Brc1cccc(CN2CC3CC2CN3)c1. The van der Waals surface area contributed by atoms with E-state index in [9.17, 15) is 0 Å². The Hall–Kier alpha value is -0.380. The van der Waals surface area contributed by atoms with Gasteiger partial charge in [-0.2, -0.15) is 0 Å². The number of benzene rings is 1. The van der Waals surface area contributed by atoms with Crippen molar-refractivity contribution < 1.29 is 0 Å². The van der Waals surface area contributed by atoms with E-state index in [4.69, 9.17) is 0 Å². The van der Waals surface area contributed by atoms with E-state index in [1.807, 2.05) is 0 Å². The summed E-state index contributed by atoms with van der Waals surface area (Å²) in [5.74, 6) is 0. The molecule has 1 N–H and O–H groups in total. The number of nitrogens with one attached hydrogen (secondary N) is 1. The number of piperazine rings is 1. The first kappa shape index (κ1) is 9.82. The first-order chi connectivity index (χ1) is 7.31. The van der Waals surface area contributed by atoms with Gasteiger partial charge in [0.25, 0.3) is 0 Å². The van der Waals surface area contributed by atoms with E-state index in [2.05, 4.69) is 50.4 Å². The third kappa shape index (κ3) is 1.96. The number of rotatable bonds is 2. The van der Waals surface area contributed by atoms with E-state index in [0.717, 1.165) is 18.6 Å². The molecule has 0 aromatic heterocycles. The molecule has 0 spiro atoms. The number of fused-ring (bicyclic) bond motifs is 2. The fraction of sp³-hybridized carbons (Fsp3) is 0.500. The summed E-state index contributed by atoms with van der Waals surface area (Å²) in [6, 6.07) is 10.2. The molecule has 2 saturated heterocycles. The second-order valence-electron chi connectivity index (χ2n) is 4.55. The molecule has 1 aromatic carbocycles. The number of halogens is 1. The standard InChI is InChI=1S/C12H15BrN2/c13-10-3-1-2-9(4-10)7-15-8-11-5-12(15)6-14-11/h1-4,11-12,14H,5-8H2. The monoisotopic (exact) mass is 266 g/mol. The van der Waals surface area contributed by atoms with Crippen LogP contribution in [0.15, 0.2) is 28.7 Å². The van der Waals surface area contributed by atoms with Crippen LogP contribution in [0.2, 0.25) is 0 Å². The summed E-state index contributed by atoms with van der Waals surface area (Å²) in [6.45, 7) is 3.50. The van der Waals surface area contributed by atoms with Crippen LogP contribution in [0.3, 0.4) is 0 Å². The first-order valence-electron chi connectivity index (χ1n) is 5.53. The zero-order chi connectivity index (χ0) is 10.3. The van der Waals surface area contributed by atoms with Gasteiger partial charge >= 0.3 is 0 Å². The predicted molar refractivity (Wildman–Crippen MR) is 64.7 cm³/mol. The average molecular weight is 267 g/mol. The van der Waals surface area contributed by atoms with E-state index in [1.165, 1.54) is 29.5 Å². The quantitative estimate of drug-likeness (QED) is 0.881. The summed E-state index contributed by atoms with van der Waals surface area (Å²) >= 11 is 3.52. The highest BCUT2D eigenvalue weighted by atomic mass is 79.9. The zero-order valence-corrected chi connectivity index (χ0v) is 10.2. The largest absolute Gasteiger partial charge is 0.311 e. The minimum absolute atomic E-state index is 0.752. The molecule has 0 radical (unpaired) electrons. The summed E-state index contributed by atoms with van der Waals surface area (Å²) < 4.78 is 1.18. The predicted octanol–water partition coefficient (Wildman–Crippen LogP) is 2.00. The van der Waals surface area contributed by atoms with Gasteiger partial charge in [0.2, 0.25) is 0 Å². The minimum atomic E-state index is 0.752. The molecule has 0 saturated carbocycles. The molecular formula is C12H15BrN2. The van der Waals surface area contributed by atoms with Gasteiger partial charge in [-0.25, -0.2) is 0 Å². The van der Waals surface area contributed by atoms with Crippen LogP contribution in [-0.4, -0.2) is 30.1 Å². The molecule has 80 valence electrons. The number of hydrogen-bond acceptors (Lipinski definition) is 2. The second kappa shape index (κ2) is 3.89. The van der Waals surface area contributed by atoms with E-state index in [-0.39, 0.29) is 0 Å². The number of nitrogens with zero attached hydrogens (tertiary/aromatic N) is 1. The van der Waals surface area contributed by atoms with Gasteiger partial charge in [0.1, 0.15) is 0 Å². The molecule has 2 atom stereocenters. The maximum atomic E-state index is 3.53. The lowest BCUT2D eigenvalue weighted by molar-refractivity contribution is 0.218. The van der Waals surface area contributed by atoms with Crippen LogP contribution < -0.4 is 5.32 Å². The number of likely N-dealkylation sites (tertiary alicyclic amines) is 1. The summed E-state index contributed by atoms with van der Waals surface area (Å²) in [7, 11) is 0. The topological polar surface area (TPSA) is 15.3 Å². The highest BCUT2D eigenvalue weighted by molar-refractivity contribution is 9.10. The summed E-state index contributed by atoms with van der Waals surface area (Å²) in [4.78, 5) is 2.60. The van der Waals surface area contributed by atoms with Crippen LogP contribution in [0.25, 0.3) is 0 Å². The van der Waals surface area contributed by atoms with Crippen molar-refractivity contribution in [3.05, 3.63) is 34.3 Å². The van der Waals surface area contributed by atoms with Gasteiger partial charge in [0.15, 0.2) is 0 Å². The van der Waals surface area contributed by atoms with E-state index in [0.29, 0.717) is 0 Å². The van der Waals surface area contributed by atoms with Gasteiger partial charge in [0.05, 0.1) is 0 Å². The Bertz CT molecular complexity index is 366. The molecule has 0 amide bonds. The van der Waals surface area contributed by atoms with Gasteiger partial charge in [-0.1, -0.05) is 28.1 Å². The molecular weight excluding hydrogens is 252 g/mol. The number of hydrogen-bond donors (Lipinski definition) is 1. The highest BCUT2D eigenvalue weighted by Gasteiger charge is 2.37. The van der Waals surface area contributed by atoms with E-state index >= 15 is 0 Å². The molecule has 2 bridgehead atoms. The molecule has 15 heavy (non-hydrogen) atoms. The van der Waals surface area contributed by atoms with E-state index < -0.39 is 0 Å². The van der Waals surface area contributed by atoms with Crippen LogP contribution >= 0.6 is 15.9 Å². The van der Waals surface area contributed by atoms with Gasteiger partial charge in [0, 0.05) is 36.2 Å². The summed E-state index contributed by atoms with van der Waals surface area (Å²) in [5, 5.41) is 3.53. The highest BCUT2D eigenvalue weighted by Crippen LogP contribution is 2.25. The maximum absolute atomic E-state index is 3.53. The van der Waals surface area contributed by atoms with Crippen molar-refractivity contribution in [2.75, 3.05) is 13.1 Å². The Morgan fingerprint density at radius 3 is 3.07 bits per heavy atom. The maximum Gasteiger partial charge on any atom is 0.0240 e. The molecule has 2 heterocycles. The fourth-order valence-electron chi connectivity index (χ4n) is 2.71. The zero-order valence-electron chi connectivity index (χ0n) is 8.62. The summed E-state index contributed by atoms with van der Waals surface area (Å²) in [6.07, 6.45) is 1.34. The van der Waals surface area contributed by atoms with Crippen molar-refractivity contribution in [3.63, 3.8) is 0 Å². The third-order valence-corrected chi connectivity index (χ3v) is 3.94. The second-order valence-corrected chi connectivity index (χ2v) is 5.47. The molecule has 2 aliphatic rings. The molecule has 3 rings (SSSR count). The molecule has 2 nitrogen and oxygen atoms in total. The van der Waals surface area contributed by atoms with Crippen molar-refractivity contribution >= 4 is 15.9 Å². The lowest BCUT2D eigenvalue weighted by atomic mass is 10.2. The molecule has 1 aromatic rings. The Labute approximate surface area is 98.8 Å². The molecule has 0 aliphatic carbocycles. The third-order valence-electron chi connectivity index (χ3n) is 3.44. The average Bonchev–Trinajstić information content (AvgIpc) is 2.79. The normalized spacial score (nSPS) is 29.9. The van der Waals surface area contributed by atoms with Gasteiger partial charge in [-0.3, -0.25) is 4.90 Å². The van der Waals surface area contributed by atoms with Crippen LogP contribution in [0.1, 0.15) is 12.0 Å². The van der Waals surface area contributed by atoms with Crippen molar-refractivity contribution in [1.82, 2.24) is 10.2 Å². The van der Waals surface area contributed by atoms with Gasteiger partial charge in [-0.15, -0.1) is 0 Å². The summed E-state index contributed by atoms with van der Waals surface area (Å²) in [5.41, 5.74) is 1.41. The fourth-order valence-corrected chi connectivity index (χ4v) is 3.16. The minimum Gasteiger partial charge on any atom is -0.311 e. The van der Waals surface area contributed by atoms with Crippen molar-refractivity contribution in [1.29, 1.82) is 0 Å². The Morgan fingerprint density at radius 2 is 2.40 bits per heavy atom.